The molecule has 0 aliphatic rings. The zero-order valence-corrected chi connectivity index (χ0v) is 13.0. The van der Waals surface area contributed by atoms with Gasteiger partial charge in [0.25, 0.3) is 10.0 Å². The third kappa shape index (κ3) is 3.31. The molecule has 19 heavy (non-hydrogen) atoms. The van der Waals surface area contributed by atoms with Gasteiger partial charge in [0.15, 0.2) is 9.90 Å². The van der Waals surface area contributed by atoms with Gasteiger partial charge in [0, 0.05) is 13.1 Å². The van der Waals surface area contributed by atoms with Crippen molar-refractivity contribution in [2.24, 2.45) is 0 Å². The second kappa shape index (κ2) is 6.44. The minimum absolute atomic E-state index is 0.0650. The Labute approximate surface area is 117 Å². The number of hydrogen-bond acceptors (Lipinski definition) is 6. The van der Waals surface area contributed by atoms with E-state index in [0.29, 0.717) is 0 Å². The quantitative estimate of drug-likeness (QED) is 0.748. The maximum absolute atomic E-state index is 12.4. The Balaban J connectivity index is 3.14. The van der Waals surface area contributed by atoms with E-state index in [1.807, 2.05) is 13.8 Å². The van der Waals surface area contributed by atoms with Crippen molar-refractivity contribution < 1.29 is 17.9 Å². The van der Waals surface area contributed by atoms with E-state index in [4.69, 9.17) is 0 Å². The fraction of sp³-hybridized carbons (Fsp3) is 0.636. The highest BCUT2D eigenvalue weighted by Crippen LogP contribution is 2.25. The van der Waals surface area contributed by atoms with Crippen LogP contribution in [0, 0.1) is 0 Å². The van der Waals surface area contributed by atoms with Gasteiger partial charge < -0.3 is 4.74 Å². The summed E-state index contributed by atoms with van der Waals surface area (Å²) in [7, 11) is -1.01. The average molecular weight is 306 g/mol. The smallest absolute Gasteiger partial charge is 0.358 e. The van der Waals surface area contributed by atoms with Gasteiger partial charge in [-0.1, -0.05) is 13.3 Å². The van der Waals surface area contributed by atoms with Gasteiger partial charge in [-0.3, -0.25) is 0 Å². The molecule has 0 aliphatic carbocycles. The molecule has 1 heterocycles. The lowest BCUT2D eigenvalue weighted by Gasteiger charge is -2.23. The van der Waals surface area contributed by atoms with Gasteiger partial charge in [-0.05, 0) is 13.3 Å². The summed E-state index contributed by atoms with van der Waals surface area (Å²) in [4.78, 5) is 15.3. The Morgan fingerprint density at radius 1 is 1.58 bits per heavy atom. The number of methoxy groups -OCH3 is 1. The predicted octanol–water partition coefficient (Wildman–Crippen LogP) is 1.74. The van der Waals surface area contributed by atoms with Crippen LogP contribution < -0.4 is 0 Å². The van der Waals surface area contributed by atoms with Crippen LogP contribution in [0.1, 0.15) is 37.2 Å². The Morgan fingerprint density at radius 2 is 2.21 bits per heavy atom. The fourth-order valence-electron chi connectivity index (χ4n) is 1.62. The zero-order chi connectivity index (χ0) is 14.6. The summed E-state index contributed by atoms with van der Waals surface area (Å²) in [5.74, 6) is -0.739. The van der Waals surface area contributed by atoms with Crippen molar-refractivity contribution in [1.82, 2.24) is 9.29 Å². The first kappa shape index (κ1) is 16.1. The average Bonchev–Trinajstić information content (AvgIpc) is 2.87. The molecule has 1 rings (SSSR count). The standard InChI is InChI=1S/C11H18N2O4S2/c1-5-6-8(2)13(3)19(15,16)11-9(10(14)17-4)12-7-18-11/h7-8H,5-6H2,1-4H3. The van der Waals surface area contributed by atoms with Gasteiger partial charge in [-0.25, -0.2) is 18.2 Å². The number of carbonyl (C=O) groups is 1. The van der Waals surface area contributed by atoms with Crippen LogP contribution in [0.4, 0.5) is 0 Å². The summed E-state index contributed by atoms with van der Waals surface area (Å²) >= 11 is 0.922. The lowest BCUT2D eigenvalue weighted by molar-refractivity contribution is 0.0590. The van der Waals surface area contributed by atoms with E-state index in [1.54, 1.807) is 0 Å². The summed E-state index contributed by atoms with van der Waals surface area (Å²) in [6.07, 6.45) is 1.63. The van der Waals surface area contributed by atoms with E-state index in [-0.39, 0.29) is 15.9 Å². The Kier molecular flexibility index (Phi) is 5.45. The molecule has 0 fully saturated rings. The molecular formula is C11H18N2O4S2. The third-order valence-corrected chi connectivity index (χ3v) is 6.17. The molecule has 1 unspecified atom stereocenters. The van der Waals surface area contributed by atoms with Crippen LogP contribution in [-0.4, -0.2) is 43.9 Å². The van der Waals surface area contributed by atoms with Crippen molar-refractivity contribution >= 4 is 27.3 Å². The lowest BCUT2D eigenvalue weighted by atomic mass is 10.2. The van der Waals surface area contributed by atoms with E-state index < -0.39 is 16.0 Å². The number of esters is 1. The Morgan fingerprint density at radius 3 is 2.74 bits per heavy atom. The fourth-order valence-corrected chi connectivity index (χ4v) is 4.31. The summed E-state index contributed by atoms with van der Waals surface area (Å²) in [5, 5.41) is 0. The molecule has 0 aromatic carbocycles. The molecule has 0 spiro atoms. The maximum Gasteiger partial charge on any atom is 0.358 e. The minimum Gasteiger partial charge on any atom is -0.464 e. The van der Waals surface area contributed by atoms with Crippen molar-refractivity contribution in [3.05, 3.63) is 11.2 Å². The van der Waals surface area contributed by atoms with Crippen molar-refractivity contribution in [3.8, 4) is 0 Å². The number of sulfonamides is 1. The van der Waals surface area contributed by atoms with Crippen LogP contribution in [0.5, 0.6) is 0 Å². The second-order valence-electron chi connectivity index (χ2n) is 4.14. The van der Waals surface area contributed by atoms with Gasteiger partial charge >= 0.3 is 5.97 Å². The number of thiazole rings is 1. The van der Waals surface area contributed by atoms with Crippen LogP contribution in [0.2, 0.25) is 0 Å². The molecule has 0 N–H and O–H groups in total. The highest BCUT2D eigenvalue weighted by Gasteiger charge is 2.32. The maximum atomic E-state index is 12.4. The van der Waals surface area contributed by atoms with E-state index in [0.717, 1.165) is 24.2 Å². The van der Waals surface area contributed by atoms with Crippen molar-refractivity contribution in [2.75, 3.05) is 14.2 Å². The first-order valence-corrected chi connectivity index (χ1v) is 8.18. The first-order valence-electron chi connectivity index (χ1n) is 5.86. The lowest BCUT2D eigenvalue weighted by Crippen LogP contribution is -2.35. The van der Waals surface area contributed by atoms with Crippen LogP contribution in [-0.2, 0) is 14.8 Å². The van der Waals surface area contributed by atoms with Crippen LogP contribution in [0.3, 0.4) is 0 Å². The number of aromatic nitrogens is 1. The zero-order valence-electron chi connectivity index (χ0n) is 11.4. The molecule has 6 nitrogen and oxygen atoms in total. The number of ether oxygens (including phenoxy) is 1. The topological polar surface area (TPSA) is 76.6 Å². The number of carbonyl (C=O) groups excluding carboxylic acids is 1. The van der Waals surface area contributed by atoms with Crippen LogP contribution in [0.15, 0.2) is 9.72 Å². The summed E-state index contributed by atoms with van der Waals surface area (Å²) < 4.78 is 30.6. The Hall–Kier alpha value is -0.990. The molecule has 0 radical (unpaired) electrons. The van der Waals surface area contributed by atoms with E-state index in [2.05, 4.69) is 9.72 Å². The SMILES string of the molecule is CCCC(C)N(C)S(=O)(=O)c1scnc1C(=O)OC. The molecule has 0 saturated heterocycles. The Bertz CT molecular complexity index is 539. The van der Waals surface area contributed by atoms with Gasteiger partial charge in [0.05, 0.1) is 12.6 Å². The van der Waals surface area contributed by atoms with Crippen molar-refractivity contribution in [2.45, 2.75) is 36.9 Å². The third-order valence-electron chi connectivity index (χ3n) is 2.85. The van der Waals surface area contributed by atoms with Gasteiger partial charge in [-0.2, -0.15) is 4.31 Å². The highest BCUT2D eigenvalue weighted by atomic mass is 32.2. The number of nitrogens with zero attached hydrogens (tertiary/aromatic N) is 2. The molecule has 108 valence electrons. The van der Waals surface area contributed by atoms with Gasteiger partial charge in [0.1, 0.15) is 0 Å². The monoisotopic (exact) mass is 306 g/mol. The normalized spacial score (nSPS) is 13.5. The summed E-state index contributed by atoms with van der Waals surface area (Å²) in [6.45, 7) is 3.82. The number of rotatable bonds is 6. The molecule has 1 aromatic rings. The molecule has 1 aromatic heterocycles. The molecule has 1 atom stereocenters. The molecule has 0 bridgehead atoms. The van der Waals surface area contributed by atoms with Crippen molar-refractivity contribution in [1.29, 1.82) is 0 Å². The molecule has 8 heteroatoms. The summed E-state index contributed by atoms with van der Waals surface area (Å²) in [6, 6.07) is -0.136. The van der Waals surface area contributed by atoms with E-state index in [1.165, 1.54) is 24.0 Å². The molecular weight excluding hydrogens is 288 g/mol. The minimum atomic E-state index is -3.71. The van der Waals surface area contributed by atoms with Gasteiger partial charge in [-0.15, -0.1) is 11.3 Å². The van der Waals surface area contributed by atoms with Gasteiger partial charge in [0.2, 0.25) is 0 Å². The van der Waals surface area contributed by atoms with Crippen LogP contribution in [0.25, 0.3) is 0 Å². The number of hydrogen-bond donors (Lipinski definition) is 0. The molecule has 0 saturated carbocycles. The highest BCUT2D eigenvalue weighted by molar-refractivity contribution is 7.91. The van der Waals surface area contributed by atoms with E-state index >= 15 is 0 Å². The summed E-state index contributed by atoms with van der Waals surface area (Å²) in [5.41, 5.74) is 1.18. The van der Waals surface area contributed by atoms with Crippen molar-refractivity contribution in [3.63, 3.8) is 0 Å². The van der Waals surface area contributed by atoms with Crippen LogP contribution >= 0.6 is 11.3 Å². The second-order valence-corrected chi connectivity index (χ2v) is 7.19. The largest absolute Gasteiger partial charge is 0.464 e. The first-order chi connectivity index (χ1) is 8.86. The predicted molar refractivity (Wildman–Crippen MR) is 72.8 cm³/mol. The molecule has 0 aliphatic heterocycles. The van der Waals surface area contributed by atoms with E-state index in [9.17, 15) is 13.2 Å². The molecule has 0 amide bonds.